The van der Waals surface area contributed by atoms with Gasteiger partial charge in [-0.2, -0.15) is 13.2 Å². The second-order valence-corrected chi connectivity index (χ2v) is 12.4. The lowest BCUT2D eigenvalue weighted by Gasteiger charge is -2.42. The van der Waals surface area contributed by atoms with Gasteiger partial charge in [0.05, 0.1) is 6.20 Å². The van der Waals surface area contributed by atoms with Crippen molar-refractivity contribution in [3.05, 3.63) is 18.6 Å². The standard InChI is InChI=1S/C12H20N4.C9H20N2.C6H10F3N/c1-12(2,3)16-8-6-15(7-9-16)11-10-13-4-5-14-11;1-9(2,3)11-5-4-8(6-10)7-11;1-10-4-2-3-5(10)6(7,8)9/h4-5,10H,6-9H2,1-3H3;8H,4-7,10H2,1-3H3;5H,2-4H2,1H3/t;8-;/m.0./s1. The van der Waals surface area contributed by atoms with E-state index in [4.69, 9.17) is 5.73 Å². The first-order valence-electron chi connectivity index (χ1n) is 13.6. The summed E-state index contributed by atoms with van der Waals surface area (Å²) in [4.78, 5) is 17.1. The molecule has 3 fully saturated rings. The van der Waals surface area contributed by atoms with E-state index in [-0.39, 0.29) is 12.0 Å². The predicted octanol–water partition coefficient (Wildman–Crippen LogP) is 4.11. The summed E-state index contributed by atoms with van der Waals surface area (Å²) < 4.78 is 35.9. The van der Waals surface area contributed by atoms with E-state index in [2.05, 4.69) is 66.2 Å². The number of aromatic nitrogens is 2. The number of hydrogen-bond acceptors (Lipinski definition) is 7. The van der Waals surface area contributed by atoms with E-state index in [1.165, 1.54) is 31.5 Å². The number of nitrogens with two attached hydrogens (primary N) is 1. The number of piperazine rings is 1. The maximum absolute atomic E-state index is 12.0. The third-order valence-corrected chi connectivity index (χ3v) is 7.57. The molecule has 0 aliphatic carbocycles. The number of alkyl halides is 3. The lowest BCUT2D eigenvalue weighted by Crippen LogP contribution is -2.53. The van der Waals surface area contributed by atoms with Crippen molar-refractivity contribution < 1.29 is 13.2 Å². The Labute approximate surface area is 222 Å². The molecular formula is C27H50F3N7. The normalized spacial score (nSPS) is 24.4. The largest absolute Gasteiger partial charge is 0.404 e. The van der Waals surface area contributed by atoms with Crippen LogP contribution < -0.4 is 10.6 Å². The number of halogens is 3. The van der Waals surface area contributed by atoms with Crippen LogP contribution in [0.2, 0.25) is 0 Å². The zero-order chi connectivity index (χ0) is 27.9. The fraction of sp³-hybridized carbons (Fsp3) is 0.852. The molecule has 214 valence electrons. The van der Waals surface area contributed by atoms with Gasteiger partial charge >= 0.3 is 6.18 Å². The summed E-state index contributed by atoms with van der Waals surface area (Å²) >= 11 is 0. The molecule has 0 radical (unpaired) electrons. The monoisotopic (exact) mass is 529 g/mol. The Morgan fingerprint density at radius 3 is 1.84 bits per heavy atom. The molecule has 1 unspecified atom stereocenters. The Morgan fingerprint density at radius 2 is 1.49 bits per heavy atom. The average Bonchev–Trinajstić information content (AvgIpc) is 3.49. The summed E-state index contributed by atoms with van der Waals surface area (Å²) in [5.41, 5.74) is 6.22. The molecule has 1 aromatic rings. The molecule has 3 aliphatic heterocycles. The van der Waals surface area contributed by atoms with Gasteiger partial charge in [0.25, 0.3) is 0 Å². The van der Waals surface area contributed by atoms with Crippen molar-refractivity contribution in [3.8, 4) is 0 Å². The van der Waals surface area contributed by atoms with Gasteiger partial charge in [-0.25, -0.2) is 4.98 Å². The second-order valence-electron chi connectivity index (χ2n) is 12.4. The first-order valence-corrected chi connectivity index (χ1v) is 13.6. The molecule has 1 aromatic heterocycles. The Hall–Kier alpha value is -1.49. The van der Waals surface area contributed by atoms with Gasteiger partial charge in [0, 0.05) is 56.2 Å². The molecular weight excluding hydrogens is 479 g/mol. The van der Waals surface area contributed by atoms with Gasteiger partial charge in [-0.3, -0.25) is 19.7 Å². The fourth-order valence-corrected chi connectivity index (χ4v) is 5.02. The van der Waals surface area contributed by atoms with Gasteiger partial charge < -0.3 is 10.6 Å². The molecule has 3 aliphatic rings. The third kappa shape index (κ3) is 10.3. The molecule has 0 spiro atoms. The van der Waals surface area contributed by atoms with Crippen LogP contribution in [-0.4, -0.2) is 107 Å². The minimum absolute atomic E-state index is 0.264. The van der Waals surface area contributed by atoms with Crippen LogP contribution in [0, 0.1) is 5.92 Å². The minimum atomic E-state index is -4.02. The maximum Gasteiger partial charge on any atom is 0.404 e. The van der Waals surface area contributed by atoms with Crippen LogP contribution >= 0.6 is 0 Å². The van der Waals surface area contributed by atoms with E-state index in [0.29, 0.717) is 18.5 Å². The summed E-state index contributed by atoms with van der Waals surface area (Å²) in [6, 6.07) is -1.19. The summed E-state index contributed by atoms with van der Waals surface area (Å²) in [6.45, 7) is 21.7. The van der Waals surface area contributed by atoms with E-state index in [0.717, 1.165) is 44.5 Å². The molecule has 0 aromatic carbocycles. The van der Waals surface area contributed by atoms with Crippen LogP contribution in [-0.2, 0) is 0 Å². The second kappa shape index (κ2) is 13.5. The Bertz CT molecular complexity index is 769. The first-order chi connectivity index (χ1) is 17.1. The number of nitrogens with zero attached hydrogens (tertiary/aromatic N) is 6. The maximum atomic E-state index is 12.0. The molecule has 4 heterocycles. The van der Waals surface area contributed by atoms with Crippen LogP contribution in [0.5, 0.6) is 0 Å². The molecule has 2 atom stereocenters. The SMILES string of the molecule is CC(C)(C)N1CCN(c2cnccn2)CC1.CC(C)(C)N1CC[C@@H](CN)C1.CN1CCCC1C(F)(F)F. The lowest BCUT2D eigenvalue weighted by molar-refractivity contribution is -0.172. The van der Waals surface area contributed by atoms with Gasteiger partial charge in [-0.05, 0) is 93.4 Å². The first kappa shape index (κ1) is 31.7. The fourth-order valence-electron chi connectivity index (χ4n) is 5.02. The quantitative estimate of drug-likeness (QED) is 0.619. The van der Waals surface area contributed by atoms with E-state index < -0.39 is 12.2 Å². The molecule has 0 saturated carbocycles. The summed E-state index contributed by atoms with van der Waals surface area (Å²) in [6.07, 6.45) is 3.51. The summed E-state index contributed by atoms with van der Waals surface area (Å²) in [7, 11) is 1.52. The smallest absolute Gasteiger partial charge is 0.353 e. The van der Waals surface area contributed by atoms with Crippen LogP contribution in [0.3, 0.4) is 0 Å². The highest BCUT2D eigenvalue weighted by molar-refractivity contribution is 5.35. The van der Waals surface area contributed by atoms with Crippen molar-refractivity contribution in [1.82, 2.24) is 24.7 Å². The zero-order valence-electron chi connectivity index (χ0n) is 24.1. The lowest BCUT2D eigenvalue weighted by atomic mass is 10.1. The van der Waals surface area contributed by atoms with E-state index in [1.807, 2.05) is 6.20 Å². The summed E-state index contributed by atoms with van der Waals surface area (Å²) in [5, 5.41) is 0. The van der Waals surface area contributed by atoms with Crippen LogP contribution in [0.25, 0.3) is 0 Å². The molecule has 37 heavy (non-hydrogen) atoms. The van der Waals surface area contributed by atoms with Crippen LogP contribution in [0.4, 0.5) is 19.0 Å². The predicted molar refractivity (Wildman–Crippen MR) is 146 cm³/mol. The van der Waals surface area contributed by atoms with Gasteiger partial charge in [0.15, 0.2) is 0 Å². The highest BCUT2D eigenvalue weighted by atomic mass is 19.4. The Morgan fingerprint density at radius 1 is 0.865 bits per heavy atom. The Kier molecular flexibility index (Phi) is 11.6. The van der Waals surface area contributed by atoms with Crippen molar-refractivity contribution in [1.29, 1.82) is 0 Å². The molecule has 4 rings (SSSR count). The van der Waals surface area contributed by atoms with Gasteiger partial charge in [0.2, 0.25) is 0 Å². The van der Waals surface area contributed by atoms with Gasteiger partial charge in [-0.15, -0.1) is 0 Å². The van der Waals surface area contributed by atoms with E-state index in [1.54, 1.807) is 12.4 Å². The molecule has 10 heteroatoms. The third-order valence-electron chi connectivity index (χ3n) is 7.57. The number of anilines is 1. The van der Waals surface area contributed by atoms with Crippen molar-refractivity contribution in [3.63, 3.8) is 0 Å². The summed E-state index contributed by atoms with van der Waals surface area (Å²) in [5.74, 6) is 1.74. The highest BCUT2D eigenvalue weighted by Crippen LogP contribution is 2.31. The van der Waals surface area contributed by atoms with Crippen molar-refractivity contribution >= 4 is 5.82 Å². The molecule has 0 bridgehead atoms. The van der Waals surface area contributed by atoms with Gasteiger partial charge in [-0.1, -0.05) is 0 Å². The minimum Gasteiger partial charge on any atom is -0.353 e. The average molecular weight is 530 g/mol. The molecule has 7 nitrogen and oxygen atoms in total. The molecule has 3 saturated heterocycles. The van der Waals surface area contributed by atoms with E-state index >= 15 is 0 Å². The topological polar surface area (TPSA) is 64.8 Å². The van der Waals surface area contributed by atoms with Crippen molar-refractivity contribution in [2.24, 2.45) is 11.7 Å². The van der Waals surface area contributed by atoms with E-state index in [9.17, 15) is 13.2 Å². The van der Waals surface area contributed by atoms with Gasteiger partial charge in [0.1, 0.15) is 11.9 Å². The number of hydrogen-bond donors (Lipinski definition) is 1. The number of likely N-dealkylation sites (tertiary alicyclic amines) is 2. The Balaban J connectivity index is 0.000000203. The van der Waals surface area contributed by atoms with Crippen LogP contribution in [0.1, 0.15) is 60.8 Å². The van der Waals surface area contributed by atoms with Crippen molar-refractivity contribution in [2.75, 3.05) is 64.3 Å². The molecule has 0 amide bonds. The molecule has 2 N–H and O–H groups in total. The highest BCUT2D eigenvalue weighted by Gasteiger charge is 2.44. The zero-order valence-corrected chi connectivity index (χ0v) is 24.1. The van der Waals surface area contributed by atoms with Crippen molar-refractivity contribution in [2.45, 2.75) is 84.1 Å². The van der Waals surface area contributed by atoms with Crippen LogP contribution in [0.15, 0.2) is 18.6 Å². The number of rotatable bonds is 2.